The first-order valence-corrected chi connectivity index (χ1v) is 5.58. The lowest BCUT2D eigenvalue weighted by molar-refractivity contribution is 0.0874. The minimum Gasteiger partial charge on any atom is -0.389 e. The zero-order valence-electron chi connectivity index (χ0n) is 10.3. The first kappa shape index (κ1) is 12.9. The third-order valence-electron chi connectivity index (χ3n) is 2.33. The standard InChI is InChI=1S/C12H21N3O/c1-4-15(9-12(2,3)16)11-6-5-10(7-13)8-14-11/h5-6,8,16H,4,7,9,13H2,1-3H3. The average molecular weight is 223 g/mol. The Morgan fingerprint density at radius 1 is 1.44 bits per heavy atom. The largest absolute Gasteiger partial charge is 0.389 e. The molecule has 1 rings (SSSR count). The summed E-state index contributed by atoms with van der Waals surface area (Å²) in [6, 6.07) is 3.91. The smallest absolute Gasteiger partial charge is 0.128 e. The number of likely N-dealkylation sites (N-methyl/N-ethyl adjacent to an activating group) is 1. The van der Waals surface area contributed by atoms with Crippen LogP contribution in [-0.4, -0.2) is 28.8 Å². The molecule has 0 unspecified atom stereocenters. The summed E-state index contributed by atoms with van der Waals surface area (Å²) in [5.74, 6) is 0.877. The lowest BCUT2D eigenvalue weighted by atomic mass is 10.1. The normalized spacial score (nSPS) is 11.6. The van der Waals surface area contributed by atoms with Gasteiger partial charge in [-0.1, -0.05) is 6.07 Å². The molecule has 0 atom stereocenters. The van der Waals surface area contributed by atoms with Gasteiger partial charge in [-0.15, -0.1) is 0 Å². The molecule has 0 saturated carbocycles. The maximum Gasteiger partial charge on any atom is 0.128 e. The van der Waals surface area contributed by atoms with Gasteiger partial charge >= 0.3 is 0 Å². The van der Waals surface area contributed by atoms with Crippen molar-refractivity contribution in [3.05, 3.63) is 23.9 Å². The van der Waals surface area contributed by atoms with Crippen LogP contribution in [0.1, 0.15) is 26.3 Å². The number of aliphatic hydroxyl groups is 1. The molecule has 0 aliphatic heterocycles. The molecule has 0 aliphatic carbocycles. The summed E-state index contributed by atoms with van der Waals surface area (Å²) in [5.41, 5.74) is 5.82. The van der Waals surface area contributed by atoms with E-state index in [9.17, 15) is 5.11 Å². The molecule has 0 fully saturated rings. The van der Waals surface area contributed by atoms with Crippen LogP contribution in [0.2, 0.25) is 0 Å². The Morgan fingerprint density at radius 2 is 2.12 bits per heavy atom. The molecular formula is C12H21N3O. The Bertz CT molecular complexity index is 316. The van der Waals surface area contributed by atoms with Crippen molar-refractivity contribution in [2.24, 2.45) is 5.73 Å². The highest BCUT2D eigenvalue weighted by Crippen LogP contribution is 2.14. The second-order valence-corrected chi connectivity index (χ2v) is 4.56. The highest BCUT2D eigenvalue weighted by molar-refractivity contribution is 5.39. The summed E-state index contributed by atoms with van der Waals surface area (Å²) >= 11 is 0. The van der Waals surface area contributed by atoms with Gasteiger partial charge in [-0.05, 0) is 32.4 Å². The number of hydrogen-bond donors (Lipinski definition) is 2. The van der Waals surface area contributed by atoms with E-state index in [1.165, 1.54) is 0 Å². The Labute approximate surface area is 97.1 Å². The van der Waals surface area contributed by atoms with Gasteiger partial charge in [-0.3, -0.25) is 0 Å². The second kappa shape index (κ2) is 5.27. The van der Waals surface area contributed by atoms with Gasteiger partial charge in [0.15, 0.2) is 0 Å². The highest BCUT2D eigenvalue weighted by Gasteiger charge is 2.18. The first-order chi connectivity index (χ1) is 7.46. The van der Waals surface area contributed by atoms with Gasteiger partial charge < -0.3 is 15.7 Å². The molecule has 0 aromatic carbocycles. The van der Waals surface area contributed by atoms with Crippen LogP contribution in [0.25, 0.3) is 0 Å². The zero-order valence-corrected chi connectivity index (χ0v) is 10.3. The second-order valence-electron chi connectivity index (χ2n) is 4.56. The maximum atomic E-state index is 9.79. The number of pyridine rings is 1. The van der Waals surface area contributed by atoms with Crippen molar-refractivity contribution in [3.63, 3.8) is 0 Å². The van der Waals surface area contributed by atoms with Crippen LogP contribution >= 0.6 is 0 Å². The number of nitrogens with two attached hydrogens (primary N) is 1. The molecule has 3 N–H and O–H groups in total. The fourth-order valence-electron chi connectivity index (χ4n) is 1.55. The number of nitrogens with zero attached hydrogens (tertiary/aromatic N) is 2. The summed E-state index contributed by atoms with van der Waals surface area (Å²) in [6.07, 6.45) is 1.78. The molecule has 0 aliphatic rings. The predicted molar refractivity (Wildman–Crippen MR) is 66.3 cm³/mol. The van der Waals surface area contributed by atoms with Gasteiger partial charge in [0.2, 0.25) is 0 Å². The number of hydrogen-bond acceptors (Lipinski definition) is 4. The van der Waals surface area contributed by atoms with Gasteiger partial charge in [-0.25, -0.2) is 4.98 Å². The van der Waals surface area contributed by atoms with E-state index >= 15 is 0 Å². The van der Waals surface area contributed by atoms with Crippen molar-refractivity contribution in [1.29, 1.82) is 0 Å². The fourth-order valence-corrected chi connectivity index (χ4v) is 1.55. The van der Waals surface area contributed by atoms with Crippen LogP contribution in [0.4, 0.5) is 5.82 Å². The maximum absolute atomic E-state index is 9.79. The summed E-state index contributed by atoms with van der Waals surface area (Å²) in [7, 11) is 0. The van der Waals surface area contributed by atoms with E-state index in [1.54, 1.807) is 20.0 Å². The number of rotatable bonds is 5. The minimum atomic E-state index is -0.718. The number of aromatic nitrogens is 1. The van der Waals surface area contributed by atoms with Crippen LogP contribution < -0.4 is 10.6 Å². The molecule has 1 heterocycles. The molecule has 4 nitrogen and oxygen atoms in total. The van der Waals surface area contributed by atoms with Crippen LogP contribution in [0.5, 0.6) is 0 Å². The minimum absolute atomic E-state index is 0.505. The van der Waals surface area contributed by atoms with Gasteiger partial charge in [-0.2, -0.15) is 0 Å². The number of anilines is 1. The summed E-state index contributed by atoms with van der Waals surface area (Å²) in [5, 5.41) is 9.79. The Morgan fingerprint density at radius 3 is 2.50 bits per heavy atom. The van der Waals surface area contributed by atoms with E-state index in [0.29, 0.717) is 13.1 Å². The van der Waals surface area contributed by atoms with E-state index in [4.69, 9.17) is 5.73 Å². The predicted octanol–water partition coefficient (Wildman–Crippen LogP) is 1.14. The van der Waals surface area contributed by atoms with Gasteiger partial charge in [0, 0.05) is 25.8 Å². The topological polar surface area (TPSA) is 62.4 Å². The van der Waals surface area contributed by atoms with Gasteiger partial charge in [0.1, 0.15) is 5.82 Å². The van der Waals surface area contributed by atoms with Crippen LogP contribution in [-0.2, 0) is 6.54 Å². The van der Waals surface area contributed by atoms with Gasteiger partial charge in [0.05, 0.1) is 5.60 Å². The van der Waals surface area contributed by atoms with Crippen molar-refractivity contribution in [2.45, 2.75) is 32.9 Å². The van der Waals surface area contributed by atoms with E-state index in [2.05, 4.69) is 4.98 Å². The molecule has 0 amide bonds. The molecule has 0 saturated heterocycles. The molecule has 0 bridgehead atoms. The first-order valence-electron chi connectivity index (χ1n) is 5.58. The van der Waals surface area contributed by atoms with Crippen molar-refractivity contribution < 1.29 is 5.11 Å². The average Bonchev–Trinajstić information content (AvgIpc) is 2.25. The summed E-state index contributed by atoms with van der Waals surface area (Å²) < 4.78 is 0. The molecule has 0 radical (unpaired) electrons. The quantitative estimate of drug-likeness (QED) is 0.785. The van der Waals surface area contributed by atoms with Crippen LogP contribution in [0, 0.1) is 0 Å². The Hall–Kier alpha value is -1.13. The van der Waals surface area contributed by atoms with Crippen molar-refractivity contribution in [2.75, 3.05) is 18.0 Å². The molecular weight excluding hydrogens is 202 g/mol. The molecule has 90 valence electrons. The lowest BCUT2D eigenvalue weighted by Crippen LogP contribution is -2.39. The fraction of sp³-hybridized carbons (Fsp3) is 0.583. The molecule has 4 heteroatoms. The molecule has 0 spiro atoms. The molecule has 1 aromatic heterocycles. The van der Waals surface area contributed by atoms with E-state index < -0.39 is 5.60 Å². The molecule has 1 aromatic rings. The lowest BCUT2D eigenvalue weighted by Gasteiger charge is -2.29. The third-order valence-corrected chi connectivity index (χ3v) is 2.33. The highest BCUT2D eigenvalue weighted by atomic mass is 16.3. The van der Waals surface area contributed by atoms with E-state index in [1.807, 2.05) is 24.0 Å². The Balaban J connectivity index is 2.79. The monoisotopic (exact) mass is 223 g/mol. The van der Waals surface area contributed by atoms with Crippen molar-refractivity contribution in [3.8, 4) is 0 Å². The third kappa shape index (κ3) is 3.79. The van der Waals surface area contributed by atoms with E-state index in [0.717, 1.165) is 17.9 Å². The van der Waals surface area contributed by atoms with Gasteiger partial charge in [0.25, 0.3) is 0 Å². The van der Waals surface area contributed by atoms with Crippen LogP contribution in [0.3, 0.4) is 0 Å². The van der Waals surface area contributed by atoms with Crippen molar-refractivity contribution >= 4 is 5.82 Å². The van der Waals surface area contributed by atoms with E-state index in [-0.39, 0.29) is 0 Å². The molecule has 16 heavy (non-hydrogen) atoms. The van der Waals surface area contributed by atoms with Crippen molar-refractivity contribution in [1.82, 2.24) is 4.98 Å². The Kier molecular flexibility index (Phi) is 4.26. The summed E-state index contributed by atoms with van der Waals surface area (Å²) in [4.78, 5) is 6.38. The SMILES string of the molecule is CCN(CC(C)(C)O)c1ccc(CN)cn1. The van der Waals surface area contributed by atoms with Crippen LogP contribution in [0.15, 0.2) is 18.3 Å². The zero-order chi connectivity index (χ0) is 12.2. The summed E-state index contributed by atoms with van der Waals surface area (Å²) in [6.45, 7) is 7.53.